The Morgan fingerprint density at radius 2 is 1.50 bits per heavy atom. The van der Waals surface area contributed by atoms with E-state index in [1.807, 2.05) is 6.92 Å². The van der Waals surface area contributed by atoms with E-state index in [0.717, 1.165) is 57.8 Å². The summed E-state index contributed by atoms with van der Waals surface area (Å²) in [7, 11) is 0. The Morgan fingerprint density at radius 1 is 0.941 bits per heavy atom. The topological polar surface area (TPSA) is 74.6 Å². The van der Waals surface area contributed by atoms with Gasteiger partial charge in [-0.2, -0.15) is 0 Å². The van der Waals surface area contributed by atoms with Gasteiger partial charge in [0.1, 0.15) is 5.78 Å². The molecule has 2 N–H and O–H groups in total. The number of Topliss-reactive ketones (excluding diaryl/α,β-unsaturated/α-hetero) is 1. The molecule has 2 saturated carbocycles. The minimum atomic E-state index is -0.845. The molecule has 2 aliphatic carbocycles. The van der Waals surface area contributed by atoms with Gasteiger partial charge in [0.05, 0.1) is 5.60 Å². The summed E-state index contributed by atoms with van der Waals surface area (Å²) in [5, 5.41) is 20.2. The number of hydrogen-bond acceptors (Lipinski definition) is 3. The van der Waals surface area contributed by atoms with Crippen molar-refractivity contribution in [2.75, 3.05) is 0 Å². The van der Waals surface area contributed by atoms with E-state index in [1.54, 1.807) is 13.0 Å². The summed E-state index contributed by atoms with van der Waals surface area (Å²) in [5.41, 5.74) is 2.13. The van der Waals surface area contributed by atoms with Crippen molar-refractivity contribution in [2.45, 2.75) is 118 Å². The third-order valence-electron chi connectivity index (χ3n) is 9.07. The van der Waals surface area contributed by atoms with Crippen LogP contribution in [0.4, 0.5) is 0 Å². The lowest BCUT2D eigenvalue weighted by Gasteiger charge is -2.60. The highest BCUT2D eigenvalue weighted by atomic mass is 16.4. The molecule has 0 saturated heterocycles. The minimum Gasteiger partial charge on any atom is -0.478 e. The Balaban J connectivity index is 1.92. The van der Waals surface area contributed by atoms with Gasteiger partial charge in [-0.25, -0.2) is 4.79 Å². The highest BCUT2D eigenvalue weighted by Crippen LogP contribution is 2.62. The van der Waals surface area contributed by atoms with Crippen molar-refractivity contribution in [3.63, 3.8) is 0 Å². The zero-order chi connectivity index (χ0) is 25.7. The first-order valence-corrected chi connectivity index (χ1v) is 13.2. The fourth-order valence-electron chi connectivity index (χ4n) is 6.82. The average Bonchev–Trinajstić information content (AvgIpc) is 2.72. The third-order valence-corrected chi connectivity index (χ3v) is 9.07. The Bertz CT molecular complexity index is 842. The number of aliphatic carboxylic acids is 1. The van der Waals surface area contributed by atoms with E-state index in [2.05, 4.69) is 46.8 Å². The number of aliphatic hydroxyl groups is 1. The number of carboxylic acid groups (broad SMARTS) is 1. The van der Waals surface area contributed by atoms with Crippen LogP contribution in [0.1, 0.15) is 113 Å². The van der Waals surface area contributed by atoms with Crippen molar-refractivity contribution in [2.24, 2.45) is 22.7 Å². The molecule has 0 radical (unpaired) electrons. The quantitative estimate of drug-likeness (QED) is 0.256. The van der Waals surface area contributed by atoms with Crippen LogP contribution in [0.3, 0.4) is 0 Å². The first kappa shape index (κ1) is 28.6. The van der Waals surface area contributed by atoms with E-state index in [1.165, 1.54) is 11.1 Å². The molecule has 34 heavy (non-hydrogen) atoms. The molecule has 0 bridgehead atoms. The molecule has 0 aromatic rings. The normalized spacial score (nSPS) is 32.5. The molecule has 192 valence electrons. The standard InChI is InChI=1S/C30H48O4/c1-21(13-9-15-23(3)27(32)33)11-8-12-22(2)14-10-16-25-29(6)19-18-26(31)28(4,5)24(29)17-20-30(25,7)34/h11,14-15,24-25,34H,8-10,12-13,16-20H2,1-7H3,(H,32,33). The maximum Gasteiger partial charge on any atom is 0.330 e. The molecule has 4 atom stereocenters. The molecule has 4 heteroatoms. The molecular formula is C30H48O4. The number of carboxylic acids is 1. The number of fused-ring (bicyclic) bond motifs is 1. The van der Waals surface area contributed by atoms with Crippen molar-refractivity contribution in [1.29, 1.82) is 0 Å². The van der Waals surface area contributed by atoms with Crippen LogP contribution < -0.4 is 0 Å². The van der Waals surface area contributed by atoms with Crippen molar-refractivity contribution >= 4 is 11.8 Å². The SMILES string of the molecule is CC(=CCCC(C)=CCCC1C(C)(O)CCC2C(C)(C)C(=O)CCC12C)CCC=C(C)C(=O)O. The summed E-state index contributed by atoms with van der Waals surface area (Å²) in [5.74, 6) is 0.100. The van der Waals surface area contributed by atoms with Gasteiger partial charge in [-0.05, 0) is 103 Å². The van der Waals surface area contributed by atoms with Gasteiger partial charge in [0.25, 0.3) is 0 Å². The fourth-order valence-corrected chi connectivity index (χ4v) is 6.82. The van der Waals surface area contributed by atoms with Crippen LogP contribution in [0.2, 0.25) is 0 Å². The Labute approximate surface area is 207 Å². The molecule has 0 spiro atoms. The molecule has 0 aliphatic heterocycles. The second-order valence-electron chi connectivity index (χ2n) is 12.1. The van der Waals surface area contributed by atoms with Gasteiger partial charge in [0.2, 0.25) is 0 Å². The molecular weight excluding hydrogens is 424 g/mol. The van der Waals surface area contributed by atoms with Crippen LogP contribution in [-0.4, -0.2) is 27.6 Å². The molecule has 2 aliphatic rings. The smallest absolute Gasteiger partial charge is 0.330 e. The molecule has 2 rings (SSSR count). The Morgan fingerprint density at radius 3 is 2.09 bits per heavy atom. The summed E-state index contributed by atoms with van der Waals surface area (Å²) < 4.78 is 0. The van der Waals surface area contributed by atoms with Crippen molar-refractivity contribution in [3.8, 4) is 0 Å². The number of allylic oxidation sites excluding steroid dienone is 5. The number of hydrogen-bond donors (Lipinski definition) is 2. The Kier molecular flexibility index (Phi) is 9.55. The van der Waals surface area contributed by atoms with E-state index in [0.29, 0.717) is 23.7 Å². The van der Waals surface area contributed by atoms with Crippen molar-refractivity contribution < 1.29 is 19.8 Å². The lowest BCUT2D eigenvalue weighted by atomic mass is 9.45. The summed E-state index contributed by atoms with van der Waals surface area (Å²) in [6.07, 6.45) is 15.2. The summed E-state index contributed by atoms with van der Waals surface area (Å²) >= 11 is 0. The molecule has 4 unspecified atom stereocenters. The predicted molar refractivity (Wildman–Crippen MR) is 140 cm³/mol. The second-order valence-corrected chi connectivity index (χ2v) is 12.1. The van der Waals surface area contributed by atoms with E-state index in [-0.39, 0.29) is 16.7 Å². The van der Waals surface area contributed by atoms with Crippen molar-refractivity contribution in [1.82, 2.24) is 0 Å². The van der Waals surface area contributed by atoms with Gasteiger partial charge in [0.15, 0.2) is 0 Å². The lowest BCUT2D eigenvalue weighted by molar-refractivity contribution is -0.177. The van der Waals surface area contributed by atoms with Gasteiger partial charge >= 0.3 is 5.97 Å². The Hall–Kier alpha value is -1.68. The van der Waals surface area contributed by atoms with Crippen LogP contribution in [0.5, 0.6) is 0 Å². The van der Waals surface area contributed by atoms with Crippen LogP contribution in [0.15, 0.2) is 34.9 Å². The van der Waals surface area contributed by atoms with Crippen LogP contribution in [0.25, 0.3) is 0 Å². The van der Waals surface area contributed by atoms with Gasteiger partial charge in [-0.3, -0.25) is 4.79 Å². The van der Waals surface area contributed by atoms with E-state index >= 15 is 0 Å². The maximum absolute atomic E-state index is 12.6. The molecule has 2 fully saturated rings. The first-order chi connectivity index (χ1) is 15.7. The zero-order valence-electron chi connectivity index (χ0n) is 22.7. The highest BCUT2D eigenvalue weighted by molar-refractivity contribution is 5.86. The maximum atomic E-state index is 12.6. The van der Waals surface area contributed by atoms with E-state index in [4.69, 9.17) is 5.11 Å². The number of rotatable bonds is 10. The van der Waals surface area contributed by atoms with Crippen molar-refractivity contribution in [3.05, 3.63) is 34.9 Å². The minimum absolute atomic E-state index is 0.00813. The number of carbonyl (C=O) groups excluding carboxylic acids is 1. The third kappa shape index (κ3) is 6.71. The predicted octanol–water partition coefficient (Wildman–Crippen LogP) is 7.42. The highest BCUT2D eigenvalue weighted by Gasteiger charge is 2.59. The molecule has 0 aromatic carbocycles. The largest absolute Gasteiger partial charge is 0.478 e. The number of ketones is 1. The van der Waals surface area contributed by atoms with Gasteiger partial charge in [-0.1, -0.05) is 50.1 Å². The summed E-state index contributed by atoms with van der Waals surface area (Å²) in [6.45, 7) is 14.5. The van der Waals surface area contributed by atoms with Gasteiger partial charge in [-0.15, -0.1) is 0 Å². The van der Waals surface area contributed by atoms with Crippen LogP contribution >= 0.6 is 0 Å². The molecule has 0 heterocycles. The van der Waals surface area contributed by atoms with E-state index in [9.17, 15) is 14.7 Å². The average molecular weight is 473 g/mol. The molecule has 0 amide bonds. The van der Waals surface area contributed by atoms with E-state index < -0.39 is 11.6 Å². The first-order valence-electron chi connectivity index (χ1n) is 13.2. The fraction of sp³-hybridized carbons (Fsp3) is 0.733. The van der Waals surface area contributed by atoms with Crippen LogP contribution in [0, 0.1) is 22.7 Å². The monoisotopic (exact) mass is 472 g/mol. The summed E-state index contributed by atoms with van der Waals surface area (Å²) in [4.78, 5) is 23.5. The molecule has 0 aromatic heterocycles. The van der Waals surface area contributed by atoms with Gasteiger partial charge in [0, 0.05) is 17.4 Å². The van der Waals surface area contributed by atoms with Gasteiger partial charge < -0.3 is 10.2 Å². The summed E-state index contributed by atoms with van der Waals surface area (Å²) in [6, 6.07) is 0. The molecule has 4 nitrogen and oxygen atoms in total. The lowest BCUT2D eigenvalue weighted by Crippen LogP contribution is -2.59. The zero-order valence-corrected chi connectivity index (χ0v) is 22.7. The second kappa shape index (κ2) is 11.4. The number of carbonyl (C=O) groups is 2. The van der Waals surface area contributed by atoms with Crippen LogP contribution in [-0.2, 0) is 9.59 Å².